The van der Waals surface area contributed by atoms with Crippen molar-refractivity contribution in [2.75, 3.05) is 0 Å². The Morgan fingerprint density at radius 2 is 1.81 bits per heavy atom. The molecule has 86 valence electrons. The summed E-state index contributed by atoms with van der Waals surface area (Å²) >= 11 is 0. The molecule has 1 aromatic rings. The largest absolute Gasteiger partial charge is 0.388 e. The summed E-state index contributed by atoms with van der Waals surface area (Å²) in [7, 11) is 0. The van der Waals surface area contributed by atoms with E-state index in [0.717, 1.165) is 18.8 Å². The van der Waals surface area contributed by atoms with Crippen molar-refractivity contribution in [2.45, 2.75) is 57.0 Å². The van der Waals surface area contributed by atoms with Crippen LogP contribution >= 0.6 is 0 Å². The van der Waals surface area contributed by atoms with Crippen LogP contribution in [0.3, 0.4) is 0 Å². The zero-order valence-electron chi connectivity index (χ0n) is 9.78. The van der Waals surface area contributed by atoms with Gasteiger partial charge in [-0.1, -0.05) is 37.5 Å². The second-order valence-corrected chi connectivity index (χ2v) is 5.35. The van der Waals surface area contributed by atoms with E-state index in [2.05, 4.69) is 18.2 Å². The fourth-order valence-corrected chi connectivity index (χ4v) is 3.29. The highest BCUT2D eigenvalue weighted by Gasteiger charge is 2.22. The van der Waals surface area contributed by atoms with Gasteiger partial charge >= 0.3 is 0 Å². The fourth-order valence-electron chi connectivity index (χ4n) is 3.29. The molecule has 3 rings (SSSR count). The Bertz CT molecular complexity index is 377. The Morgan fingerprint density at radius 3 is 2.62 bits per heavy atom. The summed E-state index contributed by atoms with van der Waals surface area (Å²) in [6, 6.07) is 6.82. The predicted octanol–water partition coefficient (Wildman–Crippen LogP) is 3.71. The van der Waals surface area contributed by atoms with Crippen LogP contribution in [0.25, 0.3) is 0 Å². The molecule has 1 atom stereocenters. The van der Waals surface area contributed by atoms with Crippen LogP contribution in [0.15, 0.2) is 18.2 Å². The number of hydrogen-bond acceptors (Lipinski definition) is 1. The maximum atomic E-state index is 9.90. The lowest BCUT2D eigenvalue weighted by atomic mass is 9.83. The van der Waals surface area contributed by atoms with E-state index in [1.807, 2.05) is 0 Å². The van der Waals surface area contributed by atoms with Gasteiger partial charge < -0.3 is 5.11 Å². The monoisotopic (exact) mass is 216 g/mol. The van der Waals surface area contributed by atoms with Gasteiger partial charge in [0.05, 0.1) is 6.10 Å². The van der Waals surface area contributed by atoms with Gasteiger partial charge in [0.15, 0.2) is 0 Å². The summed E-state index contributed by atoms with van der Waals surface area (Å²) in [6.45, 7) is 0. The standard InChI is InChI=1S/C15H20O/c16-15-9-8-12-6-7-13(10-14(12)15)11-4-2-1-3-5-11/h6-7,10-11,15-16H,1-5,8-9H2/t15-/m0/s1. The Kier molecular flexibility index (Phi) is 2.72. The molecular weight excluding hydrogens is 196 g/mol. The maximum absolute atomic E-state index is 9.90. The molecule has 1 fully saturated rings. The van der Waals surface area contributed by atoms with E-state index in [1.165, 1.54) is 48.8 Å². The van der Waals surface area contributed by atoms with Gasteiger partial charge in [-0.3, -0.25) is 0 Å². The lowest BCUT2D eigenvalue weighted by molar-refractivity contribution is 0.180. The Morgan fingerprint density at radius 1 is 1.00 bits per heavy atom. The SMILES string of the molecule is O[C@H]1CCc2ccc(C3CCCCC3)cc21. The van der Waals surface area contributed by atoms with Gasteiger partial charge in [-0.05, 0) is 48.3 Å². The average Bonchev–Trinajstić information content (AvgIpc) is 2.72. The summed E-state index contributed by atoms with van der Waals surface area (Å²) in [4.78, 5) is 0. The van der Waals surface area contributed by atoms with E-state index >= 15 is 0 Å². The molecule has 1 nitrogen and oxygen atoms in total. The zero-order chi connectivity index (χ0) is 11.0. The average molecular weight is 216 g/mol. The van der Waals surface area contributed by atoms with Gasteiger partial charge in [0, 0.05) is 0 Å². The van der Waals surface area contributed by atoms with Crippen LogP contribution in [0.4, 0.5) is 0 Å². The molecule has 1 heteroatoms. The molecule has 0 bridgehead atoms. The van der Waals surface area contributed by atoms with Crippen molar-refractivity contribution in [3.63, 3.8) is 0 Å². The minimum atomic E-state index is -0.196. The zero-order valence-corrected chi connectivity index (χ0v) is 9.78. The highest BCUT2D eigenvalue weighted by molar-refractivity contribution is 5.38. The first kappa shape index (κ1) is 10.3. The normalized spacial score (nSPS) is 25.7. The lowest BCUT2D eigenvalue weighted by Crippen LogP contribution is -2.05. The molecule has 2 aliphatic carbocycles. The van der Waals surface area contributed by atoms with Crippen molar-refractivity contribution < 1.29 is 5.11 Å². The van der Waals surface area contributed by atoms with E-state index in [-0.39, 0.29) is 6.10 Å². The van der Waals surface area contributed by atoms with Gasteiger partial charge in [-0.2, -0.15) is 0 Å². The Labute approximate surface area is 97.5 Å². The second kappa shape index (κ2) is 4.21. The smallest absolute Gasteiger partial charge is 0.0796 e. The lowest BCUT2D eigenvalue weighted by Gasteiger charge is -2.22. The third-order valence-corrected chi connectivity index (χ3v) is 4.29. The Hall–Kier alpha value is -0.820. The van der Waals surface area contributed by atoms with Crippen molar-refractivity contribution in [3.8, 4) is 0 Å². The van der Waals surface area contributed by atoms with Crippen molar-refractivity contribution in [1.82, 2.24) is 0 Å². The molecule has 1 saturated carbocycles. The fraction of sp³-hybridized carbons (Fsp3) is 0.600. The molecule has 1 N–H and O–H groups in total. The predicted molar refractivity (Wildman–Crippen MR) is 65.5 cm³/mol. The van der Waals surface area contributed by atoms with E-state index < -0.39 is 0 Å². The number of fused-ring (bicyclic) bond motifs is 1. The van der Waals surface area contributed by atoms with Crippen LogP contribution in [0, 0.1) is 0 Å². The maximum Gasteiger partial charge on any atom is 0.0796 e. The van der Waals surface area contributed by atoms with E-state index in [1.54, 1.807) is 0 Å². The van der Waals surface area contributed by atoms with Crippen LogP contribution in [0.5, 0.6) is 0 Å². The molecule has 0 radical (unpaired) electrons. The summed E-state index contributed by atoms with van der Waals surface area (Å²) < 4.78 is 0. The van der Waals surface area contributed by atoms with Crippen LogP contribution in [0.1, 0.15) is 67.2 Å². The summed E-state index contributed by atoms with van der Waals surface area (Å²) in [5, 5.41) is 9.90. The third-order valence-electron chi connectivity index (χ3n) is 4.29. The number of rotatable bonds is 1. The van der Waals surface area contributed by atoms with Crippen LogP contribution in [-0.2, 0) is 6.42 Å². The van der Waals surface area contributed by atoms with Crippen LogP contribution in [0.2, 0.25) is 0 Å². The highest BCUT2D eigenvalue weighted by Crippen LogP contribution is 2.37. The summed E-state index contributed by atoms with van der Waals surface area (Å²) in [6.07, 6.45) is 8.63. The van der Waals surface area contributed by atoms with Crippen molar-refractivity contribution in [3.05, 3.63) is 34.9 Å². The molecule has 0 saturated heterocycles. The number of aliphatic hydroxyl groups is 1. The Balaban J connectivity index is 1.88. The van der Waals surface area contributed by atoms with E-state index in [4.69, 9.17) is 0 Å². The number of aliphatic hydroxyl groups excluding tert-OH is 1. The second-order valence-electron chi connectivity index (χ2n) is 5.35. The highest BCUT2D eigenvalue weighted by atomic mass is 16.3. The molecule has 1 aromatic carbocycles. The van der Waals surface area contributed by atoms with Crippen LogP contribution < -0.4 is 0 Å². The first-order valence-corrected chi connectivity index (χ1v) is 6.65. The van der Waals surface area contributed by atoms with E-state index in [9.17, 15) is 5.11 Å². The molecule has 0 heterocycles. The number of hydrogen-bond donors (Lipinski definition) is 1. The van der Waals surface area contributed by atoms with Gasteiger partial charge in [0.1, 0.15) is 0 Å². The molecule has 2 aliphatic rings. The molecule has 0 spiro atoms. The van der Waals surface area contributed by atoms with E-state index in [0.29, 0.717) is 0 Å². The minimum Gasteiger partial charge on any atom is -0.388 e. The van der Waals surface area contributed by atoms with Gasteiger partial charge in [-0.15, -0.1) is 0 Å². The minimum absolute atomic E-state index is 0.196. The molecular formula is C15H20O. The van der Waals surface area contributed by atoms with Crippen molar-refractivity contribution in [2.24, 2.45) is 0 Å². The van der Waals surface area contributed by atoms with Crippen LogP contribution in [-0.4, -0.2) is 5.11 Å². The summed E-state index contributed by atoms with van der Waals surface area (Å²) in [5.74, 6) is 0.756. The van der Waals surface area contributed by atoms with Crippen molar-refractivity contribution in [1.29, 1.82) is 0 Å². The quantitative estimate of drug-likeness (QED) is 0.758. The van der Waals surface area contributed by atoms with Gasteiger partial charge in [0.2, 0.25) is 0 Å². The molecule has 16 heavy (non-hydrogen) atoms. The first-order chi connectivity index (χ1) is 7.84. The van der Waals surface area contributed by atoms with Gasteiger partial charge in [-0.25, -0.2) is 0 Å². The van der Waals surface area contributed by atoms with Gasteiger partial charge in [0.25, 0.3) is 0 Å². The molecule has 0 unspecified atom stereocenters. The molecule has 0 aromatic heterocycles. The topological polar surface area (TPSA) is 20.2 Å². The number of aryl methyl sites for hydroxylation is 1. The molecule has 0 aliphatic heterocycles. The van der Waals surface area contributed by atoms with Crippen molar-refractivity contribution >= 4 is 0 Å². The molecule has 0 amide bonds. The summed E-state index contributed by atoms with van der Waals surface area (Å²) in [5.41, 5.74) is 4.05. The first-order valence-electron chi connectivity index (χ1n) is 6.65. The number of benzene rings is 1. The third kappa shape index (κ3) is 1.78.